The largest absolute Gasteiger partial charge is 0.400 e. The second kappa shape index (κ2) is 7.72. The summed E-state index contributed by atoms with van der Waals surface area (Å²) in [4.78, 5) is 0. The predicted octanol–water partition coefficient (Wildman–Crippen LogP) is -0.474. The van der Waals surface area contributed by atoms with Crippen LogP contribution in [-0.2, 0) is 47.4 Å². The molecule has 0 aromatic carbocycles. The molecule has 1 heterocycles. The monoisotopic (exact) mass is 396 g/mol. The topological polar surface area (TPSA) is 139 Å². The average Bonchev–Trinajstić information content (AvgIpc) is 2.65. The molecule has 23 heavy (non-hydrogen) atoms. The Morgan fingerprint density at radius 3 is 2.26 bits per heavy atom. The Balaban J connectivity index is 2.48. The van der Waals surface area contributed by atoms with Crippen molar-refractivity contribution in [2.75, 3.05) is 19.5 Å². The van der Waals surface area contributed by atoms with E-state index in [1.54, 1.807) is 6.92 Å². The molecule has 0 amide bonds. The maximum atomic E-state index is 11.6. The second-order valence-corrected chi connectivity index (χ2v) is 9.94. The van der Waals surface area contributed by atoms with Crippen molar-refractivity contribution in [3.05, 3.63) is 0 Å². The Kier molecular flexibility index (Phi) is 6.96. The van der Waals surface area contributed by atoms with Gasteiger partial charge in [-0.25, -0.2) is 8.37 Å². The van der Waals surface area contributed by atoms with E-state index < -0.39 is 61.3 Å². The third-order valence-corrected chi connectivity index (χ3v) is 6.11. The van der Waals surface area contributed by atoms with Crippen LogP contribution >= 0.6 is 0 Å². The van der Waals surface area contributed by atoms with Gasteiger partial charge in [0.15, 0.2) is 0 Å². The van der Waals surface area contributed by atoms with Crippen molar-refractivity contribution < 1.29 is 42.0 Å². The Bertz CT molecular complexity index is 679. The Labute approximate surface area is 136 Å². The van der Waals surface area contributed by atoms with Gasteiger partial charge in [-0.3, -0.25) is 8.37 Å². The molecule has 10 nitrogen and oxygen atoms in total. The molecule has 1 aliphatic heterocycles. The zero-order chi connectivity index (χ0) is 17.9. The van der Waals surface area contributed by atoms with Gasteiger partial charge in [-0.05, 0) is 19.8 Å². The normalized spacial score (nSPS) is 26.2. The van der Waals surface area contributed by atoms with E-state index >= 15 is 0 Å². The van der Waals surface area contributed by atoms with E-state index in [1.165, 1.54) is 6.92 Å². The highest BCUT2D eigenvalue weighted by Crippen LogP contribution is 2.24. The van der Waals surface area contributed by atoms with Crippen molar-refractivity contribution in [2.24, 2.45) is 0 Å². The third kappa shape index (κ3) is 7.41. The quantitative estimate of drug-likeness (QED) is 0.470. The van der Waals surface area contributed by atoms with Crippen LogP contribution in [-0.4, -0.2) is 62.2 Å². The van der Waals surface area contributed by atoms with Gasteiger partial charge < -0.3 is 0 Å². The Hall–Kier alpha value is -0.310. The van der Waals surface area contributed by atoms with Crippen molar-refractivity contribution in [3.8, 4) is 0 Å². The zero-order valence-electron chi connectivity index (χ0n) is 12.9. The second-order valence-electron chi connectivity index (χ2n) is 5.07. The van der Waals surface area contributed by atoms with E-state index in [0.29, 0.717) is 0 Å². The molecule has 1 saturated heterocycles. The number of rotatable bonds is 9. The molecular formula is C10H20O10S3. The van der Waals surface area contributed by atoms with Crippen molar-refractivity contribution in [3.63, 3.8) is 0 Å². The lowest BCUT2D eigenvalue weighted by Crippen LogP contribution is -2.26. The lowest BCUT2D eigenvalue weighted by Gasteiger charge is -2.14. The van der Waals surface area contributed by atoms with Gasteiger partial charge in [0, 0.05) is 0 Å². The van der Waals surface area contributed by atoms with E-state index in [9.17, 15) is 25.3 Å². The summed E-state index contributed by atoms with van der Waals surface area (Å²) in [5, 5.41) is -0.743. The van der Waals surface area contributed by atoms with Crippen molar-refractivity contribution >= 4 is 30.6 Å². The van der Waals surface area contributed by atoms with Crippen LogP contribution in [0, 0.1) is 0 Å². The molecule has 13 heteroatoms. The summed E-state index contributed by atoms with van der Waals surface area (Å²) in [5.41, 5.74) is 0. The first-order valence-corrected chi connectivity index (χ1v) is 11.3. The minimum absolute atomic E-state index is 0.104. The first-order chi connectivity index (χ1) is 10.3. The van der Waals surface area contributed by atoms with Gasteiger partial charge in [0.25, 0.3) is 20.2 Å². The van der Waals surface area contributed by atoms with E-state index in [4.69, 9.17) is 4.18 Å². The molecule has 0 radical (unpaired) electrons. The van der Waals surface area contributed by atoms with Crippen LogP contribution in [0.4, 0.5) is 0 Å². The van der Waals surface area contributed by atoms with Crippen LogP contribution in [0.1, 0.15) is 26.7 Å². The highest BCUT2D eigenvalue weighted by molar-refractivity contribution is 7.87. The molecule has 1 fully saturated rings. The molecule has 0 spiro atoms. The van der Waals surface area contributed by atoms with Crippen molar-refractivity contribution in [1.82, 2.24) is 0 Å². The molecule has 138 valence electrons. The minimum atomic E-state index is -4.43. The molecule has 1 rings (SSSR count). The molecule has 3 atom stereocenters. The lowest BCUT2D eigenvalue weighted by atomic mass is 10.2. The molecule has 0 aromatic rings. The molecule has 0 N–H and O–H groups in total. The summed E-state index contributed by atoms with van der Waals surface area (Å²) in [6.07, 6.45) is -0.759. The van der Waals surface area contributed by atoms with E-state index in [-0.39, 0.29) is 12.8 Å². The van der Waals surface area contributed by atoms with Gasteiger partial charge in [0.2, 0.25) is 0 Å². The summed E-state index contributed by atoms with van der Waals surface area (Å²) in [6, 6.07) is 0. The first kappa shape index (κ1) is 20.7. The van der Waals surface area contributed by atoms with Crippen LogP contribution in [0.5, 0.6) is 0 Å². The average molecular weight is 396 g/mol. The van der Waals surface area contributed by atoms with Crippen LogP contribution in [0.3, 0.4) is 0 Å². The first-order valence-electron chi connectivity index (χ1n) is 6.69. The fourth-order valence-electron chi connectivity index (χ4n) is 1.72. The van der Waals surface area contributed by atoms with Gasteiger partial charge in [-0.2, -0.15) is 25.3 Å². The van der Waals surface area contributed by atoms with Crippen LogP contribution in [0.25, 0.3) is 0 Å². The predicted molar refractivity (Wildman–Crippen MR) is 78.7 cm³/mol. The van der Waals surface area contributed by atoms with Gasteiger partial charge >= 0.3 is 10.4 Å². The Morgan fingerprint density at radius 1 is 1.22 bits per heavy atom. The minimum Gasteiger partial charge on any atom is -0.264 e. The van der Waals surface area contributed by atoms with Crippen molar-refractivity contribution in [1.29, 1.82) is 0 Å². The molecule has 0 saturated carbocycles. The summed E-state index contributed by atoms with van der Waals surface area (Å²) in [5.74, 6) is 0. The SMILES string of the molecule is CCC(COS(=O)(=O)OCC1CC(C)S(=O)(=O)O1)OS(C)(=O)=O. The maximum Gasteiger partial charge on any atom is 0.400 e. The lowest BCUT2D eigenvalue weighted by molar-refractivity contribution is 0.0999. The summed E-state index contributed by atoms with van der Waals surface area (Å²) >= 11 is 0. The smallest absolute Gasteiger partial charge is 0.264 e. The number of hydrogen-bond donors (Lipinski definition) is 0. The van der Waals surface area contributed by atoms with Crippen LogP contribution in [0.2, 0.25) is 0 Å². The van der Waals surface area contributed by atoms with Gasteiger partial charge in [-0.15, -0.1) is 0 Å². The van der Waals surface area contributed by atoms with Crippen LogP contribution < -0.4 is 0 Å². The summed E-state index contributed by atoms with van der Waals surface area (Å²) in [7, 11) is -11.9. The molecule has 0 bridgehead atoms. The fraction of sp³-hybridized carbons (Fsp3) is 1.00. The van der Waals surface area contributed by atoms with E-state index in [2.05, 4.69) is 12.5 Å². The molecular weight excluding hydrogens is 376 g/mol. The molecule has 3 unspecified atom stereocenters. The number of hydrogen-bond acceptors (Lipinski definition) is 10. The van der Waals surface area contributed by atoms with Gasteiger partial charge in [0.05, 0.1) is 24.7 Å². The standard InChI is InChI=1S/C10H20O10S3/c1-4-9(19-21(3,11)12)6-17-23(15,16)18-7-10-5-8(2)22(13,14)20-10/h8-10H,4-7H2,1-3H3. The van der Waals surface area contributed by atoms with E-state index in [0.717, 1.165) is 6.26 Å². The van der Waals surface area contributed by atoms with E-state index in [1.807, 2.05) is 0 Å². The maximum absolute atomic E-state index is 11.6. The highest BCUT2D eigenvalue weighted by atomic mass is 32.3. The fourth-order valence-corrected chi connectivity index (χ4v) is 4.27. The van der Waals surface area contributed by atoms with Crippen LogP contribution in [0.15, 0.2) is 0 Å². The third-order valence-electron chi connectivity index (χ3n) is 2.92. The zero-order valence-corrected chi connectivity index (χ0v) is 15.3. The molecule has 0 aromatic heterocycles. The van der Waals surface area contributed by atoms with Gasteiger partial charge in [0.1, 0.15) is 12.2 Å². The molecule has 0 aliphatic carbocycles. The molecule has 1 aliphatic rings. The van der Waals surface area contributed by atoms with Gasteiger partial charge in [-0.1, -0.05) is 6.92 Å². The highest BCUT2D eigenvalue weighted by Gasteiger charge is 2.37. The Morgan fingerprint density at radius 2 is 1.83 bits per heavy atom. The summed E-state index contributed by atoms with van der Waals surface area (Å²) < 4.78 is 86.2. The summed E-state index contributed by atoms with van der Waals surface area (Å²) in [6.45, 7) is 1.96. The van der Waals surface area contributed by atoms with Crippen molar-refractivity contribution in [2.45, 2.75) is 44.1 Å².